The van der Waals surface area contributed by atoms with E-state index in [1.807, 2.05) is 24.3 Å². The maximum atomic E-state index is 12.0. The lowest BCUT2D eigenvalue weighted by Crippen LogP contribution is -2.19. The number of nitro groups is 1. The van der Waals surface area contributed by atoms with Crippen LogP contribution in [-0.4, -0.2) is 22.0 Å². The van der Waals surface area contributed by atoms with E-state index in [2.05, 4.69) is 15.5 Å². The molecule has 3 aromatic rings. The molecular formula is C17H13ClN4O3. The van der Waals surface area contributed by atoms with E-state index in [-0.39, 0.29) is 18.0 Å². The molecular weight excluding hydrogens is 344 g/mol. The molecule has 25 heavy (non-hydrogen) atoms. The molecule has 0 spiro atoms. The molecule has 0 aliphatic rings. The SMILES string of the molecule is O=C(Cc1c[nH]c2ccccc12)NN=Cc1cc([N+](=O)[O-])ccc1Cl. The average molecular weight is 357 g/mol. The fraction of sp³-hybridized carbons (Fsp3) is 0.0588. The lowest BCUT2D eigenvalue weighted by atomic mass is 10.1. The van der Waals surface area contributed by atoms with Gasteiger partial charge in [-0.05, 0) is 17.7 Å². The first kappa shape index (κ1) is 16.7. The van der Waals surface area contributed by atoms with Crippen LogP contribution in [0.1, 0.15) is 11.1 Å². The van der Waals surface area contributed by atoms with Gasteiger partial charge in [0.15, 0.2) is 0 Å². The molecule has 126 valence electrons. The van der Waals surface area contributed by atoms with Gasteiger partial charge < -0.3 is 4.98 Å². The van der Waals surface area contributed by atoms with Crippen LogP contribution in [0.25, 0.3) is 10.9 Å². The highest BCUT2D eigenvalue weighted by molar-refractivity contribution is 6.33. The van der Waals surface area contributed by atoms with Crippen LogP contribution in [-0.2, 0) is 11.2 Å². The van der Waals surface area contributed by atoms with E-state index < -0.39 is 4.92 Å². The predicted molar refractivity (Wildman–Crippen MR) is 95.8 cm³/mol. The summed E-state index contributed by atoms with van der Waals surface area (Å²) in [5.41, 5.74) is 4.46. The first-order chi connectivity index (χ1) is 12.0. The van der Waals surface area contributed by atoms with Crippen molar-refractivity contribution in [2.75, 3.05) is 0 Å². The number of amides is 1. The summed E-state index contributed by atoms with van der Waals surface area (Å²) >= 11 is 5.97. The van der Waals surface area contributed by atoms with Crippen LogP contribution in [0, 0.1) is 10.1 Å². The molecule has 0 saturated heterocycles. The van der Waals surface area contributed by atoms with Gasteiger partial charge in [-0.3, -0.25) is 14.9 Å². The quantitative estimate of drug-likeness (QED) is 0.416. The summed E-state index contributed by atoms with van der Waals surface area (Å²) in [5, 5.41) is 15.9. The number of carbonyl (C=O) groups excluding carboxylic acids is 1. The molecule has 1 aromatic heterocycles. The Hall–Kier alpha value is -3.19. The van der Waals surface area contributed by atoms with Crippen molar-refractivity contribution in [3.05, 3.63) is 74.9 Å². The average Bonchev–Trinajstić information content (AvgIpc) is 2.99. The smallest absolute Gasteiger partial charge is 0.270 e. The Labute approximate surface area is 147 Å². The molecule has 2 N–H and O–H groups in total. The number of fused-ring (bicyclic) bond motifs is 1. The Kier molecular flexibility index (Phi) is 4.76. The minimum atomic E-state index is -0.525. The molecule has 0 radical (unpaired) electrons. The fourth-order valence-electron chi connectivity index (χ4n) is 2.41. The van der Waals surface area contributed by atoms with E-state index >= 15 is 0 Å². The summed E-state index contributed by atoms with van der Waals surface area (Å²) in [6.07, 6.45) is 3.22. The van der Waals surface area contributed by atoms with Crippen molar-refractivity contribution in [3.63, 3.8) is 0 Å². The lowest BCUT2D eigenvalue weighted by Gasteiger charge is -2.00. The zero-order chi connectivity index (χ0) is 17.8. The van der Waals surface area contributed by atoms with Gasteiger partial charge in [0.05, 0.1) is 17.6 Å². The van der Waals surface area contributed by atoms with Gasteiger partial charge in [0, 0.05) is 39.8 Å². The Bertz CT molecular complexity index is 981. The van der Waals surface area contributed by atoms with Crippen molar-refractivity contribution < 1.29 is 9.72 Å². The summed E-state index contributed by atoms with van der Waals surface area (Å²) in [7, 11) is 0. The van der Waals surface area contributed by atoms with Crippen molar-refractivity contribution in [1.29, 1.82) is 0 Å². The zero-order valence-corrected chi connectivity index (χ0v) is 13.7. The summed E-state index contributed by atoms with van der Waals surface area (Å²) in [4.78, 5) is 25.4. The maximum Gasteiger partial charge on any atom is 0.270 e. The van der Waals surface area contributed by atoms with Crippen LogP contribution in [0.2, 0.25) is 5.02 Å². The van der Waals surface area contributed by atoms with Crippen molar-refractivity contribution >= 4 is 40.3 Å². The highest BCUT2D eigenvalue weighted by Gasteiger charge is 2.09. The first-order valence-electron chi connectivity index (χ1n) is 7.35. The van der Waals surface area contributed by atoms with Gasteiger partial charge >= 0.3 is 0 Å². The number of hydrogen-bond acceptors (Lipinski definition) is 4. The van der Waals surface area contributed by atoms with Gasteiger partial charge in [-0.25, -0.2) is 5.43 Å². The highest BCUT2D eigenvalue weighted by Crippen LogP contribution is 2.20. The van der Waals surface area contributed by atoms with Crippen molar-refractivity contribution in [2.45, 2.75) is 6.42 Å². The fourth-order valence-corrected chi connectivity index (χ4v) is 2.57. The molecule has 0 aliphatic carbocycles. The van der Waals surface area contributed by atoms with Crippen LogP contribution >= 0.6 is 11.6 Å². The molecule has 0 fully saturated rings. The Morgan fingerprint density at radius 3 is 2.92 bits per heavy atom. The molecule has 0 aliphatic heterocycles. The number of nitrogens with zero attached hydrogens (tertiary/aromatic N) is 2. The van der Waals surface area contributed by atoms with E-state index in [0.717, 1.165) is 16.5 Å². The Balaban J connectivity index is 1.67. The Morgan fingerprint density at radius 2 is 2.12 bits per heavy atom. The van der Waals surface area contributed by atoms with Gasteiger partial charge in [0.25, 0.3) is 5.69 Å². The topological polar surface area (TPSA) is 100 Å². The number of H-pyrrole nitrogens is 1. The number of nitro benzene ring substituents is 1. The number of aromatic nitrogens is 1. The van der Waals surface area contributed by atoms with Crippen LogP contribution in [0.3, 0.4) is 0 Å². The normalized spacial score (nSPS) is 11.1. The highest BCUT2D eigenvalue weighted by atomic mass is 35.5. The van der Waals surface area contributed by atoms with Gasteiger partial charge in [-0.15, -0.1) is 0 Å². The van der Waals surface area contributed by atoms with E-state index in [1.165, 1.54) is 24.4 Å². The molecule has 0 bridgehead atoms. The van der Waals surface area contributed by atoms with Crippen molar-refractivity contribution in [3.8, 4) is 0 Å². The van der Waals surface area contributed by atoms with Gasteiger partial charge in [0.1, 0.15) is 0 Å². The van der Waals surface area contributed by atoms with Gasteiger partial charge in [-0.1, -0.05) is 29.8 Å². The maximum absolute atomic E-state index is 12.0. The lowest BCUT2D eigenvalue weighted by molar-refractivity contribution is -0.384. The predicted octanol–water partition coefficient (Wildman–Crippen LogP) is 3.42. The summed E-state index contributed by atoms with van der Waals surface area (Å²) in [6.45, 7) is 0. The number of halogens is 1. The van der Waals surface area contributed by atoms with Crippen LogP contribution in [0.5, 0.6) is 0 Å². The Morgan fingerprint density at radius 1 is 1.32 bits per heavy atom. The first-order valence-corrected chi connectivity index (χ1v) is 7.73. The minimum absolute atomic E-state index is 0.101. The molecule has 0 saturated carbocycles. The van der Waals surface area contributed by atoms with E-state index in [9.17, 15) is 14.9 Å². The monoisotopic (exact) mass is 356 g/mol. The second kappa shape index (κ2) is 7.14. The van der Waals surface area contributed by atoms with Crippen LogP contribution in [0.15, 0.2) is 53.8 Å². The van der Waals surface area contributed by atoms with Crippen molar-refractivity contribution in [2.24, 2.45) is 5.10 Å². The molecule has 1 amide bonds. The number of nitrogens with one attached hydrogen (secondary N) is 2. The standard InChI is InChI=1S/C17H13ClN4O3/c18-15-6-5-13(22(24)25)7-12(15)10-20-21-17(23)8-11-9-19-16-4-2-1-3-14(11)16/h1-7,9-10,19H,8H2,(H,21,23). The number of rotatable bonds is 5. The van der Waals surface area contributed by atoms with Crippen LogP contribution < -0.4 is 5.43 Å². The second-order valence-electron chi connectivity index (χ2n) is 5.29. The molecule has 0 unspecified atom stereocenters. The zero-order valence-electron chi connectivity index (χ0n) is 12.9. The minimum Gasteiger partial charge on any atom is -0.361 e. The third-order valence-corrected chi connectivity index (χ3v) is 3.95. The third-order valence-electron chi connectivity index (χ3n) is 3.61. The number of non-ortho nitro benzene ring substituents is 1. The molecule has 7 nitrogen and oxygen atoms in total. The molecule has 1 heterocycles. The van der Waals surface area contributed by atoms with Crippen LogP contribution in [0.4, 0.5) is 5.69 Å². The summed E-state index contributed by atoms with van der Waals surface area (Å²) < 4.78 is 0. The number of benzene rings is 2. The van der Waals surface area contributed by atoms with E-state index in [4.69, 9.17) is 11.6 Å². The number of hydrogen-bond donors (Lipinski definition) is 2. The largest absolute Gasteiger partial charge is 0.361 e. The molecule has 2 aromatic carbocycles. The van der Waals surface area contributed by atoms with E-state index in [0.29, 0.717) is 10.6 Å². The molecule has 8 heteroatoms. The second-order valence-corrected chi connectivity index (χ2v) is 5.70. The van der Waals surface area contributed by atoms with Gasteiger partial charge in [-0.2, -0.15) is 5.10 Å². The van der Waals surface area contributed by atoms with Gasteiger partial charge in [0.2, 0.25) is 5.91 Å². The summed E-state index contributed by atoms with van der Waals surface area (Å²) in [5.74, 6) is -0.303. The molecule has 3 rings (SSSR count). The number of para-hydroxylation sites is 1. The number of aromatic amines is 1. The number of hydrazone groups is 1. The van der Waals surface area contributed by atoms with Crippen molar-refractivity contribution in [1.82, 2.24) is 10.4 Å². The molecule has 0 atom stereocenters. The number of carbonyl (C=O) groups is 1. The summed E-state index contributed by atoms with van der Waals surface area (Å²) in [6, 6.07) is 11.7. The van der Waals surface area contributed by atoms with E-state index in [1.54, 1.807) is 6.20 Å². The third kappa shape index (κ3) is 3.84.